The Morgan fingerprint density at radius 1 is 1.67 bits per heavy atom. The van der Waals surface area contributed by atoms with Gasteiger partial charge in [0.05, 0.1) is 6.20 Å². The first-order valence-corrected chi connectivity index (χ1v) is 5.20. The maximum absolute atomic E-state index is 5.93. The van der Waals surface area contributed by atoms with E-state index in [-0.39, 0.29) is 6.04 Å². The molecule has 0 saturated carbocycles. The lowest BCUT2D eigenvalue weighted by molar-refractivity contribution is 0.191. The van der Waals surface area contributed by atoms with Gasteiger partial charge < -0.3 is 15.8 Å². The van der Waals surface area contributed by atoms with Gasteiger partial charge in [0.15, 0.2) is 0 Å². The first-order chi connectivity index (χ1) is 7.24. The average molecular weight is 212 g/mol. The van der Waals surface area contributed by atoms with E-state index in [4.69, 9.17) is 10.5 Å². The largest absolute Gasteiger partial charge is 0.385 e. The van der Waals surface area contributed by atoms with Crippen LogP contribution in [0, 0.1) is 0 Å². The fourth-order valence-corrected chi connectivity index (χ4v) is 1.37. The summed E-state index contributed by atoms with van der Waals surface area (Å²) in [5.41, 5.74) is 5.93. The van der Waals surface area contributed by atoms with E-state index in [1.165, 1.54) is 0 Å². The summed E-state index contributed by atoms with van der Waals surface area (Å²) in [7, 11) is 3.61. The first kappa shape index (κ1) is 12.0. The van der Waals surface area contributed by atoms with Gasteiger partial charge in [-0.3, -0.25) is 4.68 Å². The molecule has 5 heteroatoms. The zero-order valence-electron chi connectivity index (χ0n) is 9.44. The van der Waals surface area contributed by atoms with Crippen molar-refractivity contribution >= 4 is 5.82 Å². The molecule has 1 rings (SSSR count). The molecule has 1 unspecified atom stereocenters. The number of ether oxygens (including phenoxy) is 1. The van der Waals surface area contributed by atoms with Gasteiger partial charge >= 0.3 is 0 Å². The van der Waals surface area contributed by atoms with E-state index in [2.05, 4.69) is 10.4 Å². The molecule has 0 saturated heterocycles. The minimum absolute atomic E-state index is 0.162. The van der Waals surface area contributed by atoms with Crippen LogP contribution in [0.1, 0.15) is 12.8 Å². The highest BCUT2D eigenvalue weighted by Crippen LogP contribution is 2.03. The Morgan fingerprint density at radius 3 is 3.07 bits per heavy atom. The van der Waals surface area contributed by atoms with Crippen molar-refractivity contribution in [2.24, 2.45) is 12.8 Å². The maximum Gasteiger partial charge on any atom is 0.123 e. The predicted octanol–water partition coefficient (Wildman–Crippen LogP) is 0.586. The van der Waals surface area contributed by atoms with Crippen molar-refractivity contribution in [3.05, 3.63) is 12.3 Å². The number of hydrogen-bond acceptors (Lipinski definition) is 4. The molecule has 15 heavy (non-hydrogen) atoms. The minimum atomic E-state index is 0.162. The number of rotatable bonds is 7. The van der Waals surface area contributed by atoms with Gasteiger partial charge in [0, 0.05) is 39.4 Å². The van der Waals surface area contributed by atoms with Crippen LogP contribution < -0.4 is 11.1 Å². The summed E-state index contributed by atoms with van der Waals surface area (Å²) in [4.78, 5) is 0. The molecule has 0 aliphatic rings. The van der Waals surface area contributed by atoms with Crippen molar-refractivity contribution in [1.29, 1.82) is 0 Å². The van der Waals surface area contributed by atoms with E-state index in [1.54, 1.807) is 18.0 Å². The molecular formula is C10H20N4O. The number of nitrogens with one attached hydrogen (secondary N) is 1. The molecule has 5 nitrogen and oxygen atoms in total. The summed E-state index contributed by atoms with van der Waals surface area (Å²) in [5.74, 6) is 0.997. The van der Waals surface area contributed by atoms with Gasteiger partial charge in [0.1, 0.15) is 5.82 Å². The van der Waals surface area contributed by atoms with E-state index < -0.39 is 0 Å². The Labute approximate surface area is 90.6 Å². The van der Waals surface area contributed by atoms with Crippen LogP contribution in [0.4, 0.5) is 5.82 Å². The van der Waals surface area contributed by atoms with Crippen LogP contribution >= 0.6 is 0 Å². The molecule has 0 aliphatic heterocycles. The summed E-state index contributed by atoms with van der Waals surface area (Å²) in [6.07, 6.45) is 3.74. The smallest absolute Gasteiger partial charge is 0.123 e. The van der Waals surface area contributed by atoms with E-state index in [0.29, 0.717) is 0 Å². The van der Waals surface area contributed by atoms with Crippen molar-refractivity contribution in [2.75, 3.05) is 25.6 Å². The van der Waals surface area contributed by atoms with Crippen LogP contribution in [0.5, 0.6) is 0 Å². The van der Waals surface area contributed by atoms with E-state index in [0.717, 1.165) is 31.8 Å². The molecule has 0 spiro atoms. The molecule has 1 heterocycles. The molecule has 0 aromatic carbocycles. The van der Waals surface area contributed by atoms with Crippen molar-refractivity contribution < 1.29 is 4.74 Å². The van der Waals surface area contributed by atoms with Gasteiger partial charge in [-0.15, -0.1) is 0 Å². The molecule has 0 radical (unpaired) electrons. The van der Waals surface area contributed by atoms with E-state index in [1.807, 2.05) is 13.1 Å². The van der Waals surface area contributed by atoms with Crippen molar-refractivity contribution in [1.82, 2.24) is 9.78 Å². The normalized spacial score (nSPS) is 12.7. The Balaban J connectivity index is 2.16. The standard InChI is InChI=1S/C10H20N4O/c1-14-10(5-6-13-14)12-8-9(11)4-3-7-15-2/h5-6,9,12H,3-4,7-8,11H2,1-2H3. The summed E-state index contributed by atoms with van der Waals surface area (Å²) in [6, 6.07) is 2.09. The lowest BCUT2D eigenvalue weighted by Crippen LogP contribution is -2.29. The monoisotopic (exact) mass is 212 g/mol. The number of aryl methyl sites for hydroxylation is 1. The van der Waals surface area contributed by atoms with Crippen LogP contribution in [0.15, 0.2) is 12.3 Å². The minimum Gasteiger partial charge on any atom is -0.385 e. The molecule has 0 bridgehead atoms. The highest BCUT2D eigenvalue weighted by atomic mass is 16.5. The zero-order chi connectivity index (χ0) is 11.1. The molecular weight excluding hydrogens is 192 g/mol. The summed E-state index contributed by atoms with van der Waals surface area (Å²) < 4.78 is 6.77. The summed E-state index contributed by atoms with van der Waals surface area (Å²) >= 11 is 0. The average Bonchev–Trinajstić information content (AvgIpc) is 2.61. The lowest BCUT2D eigenvalue weighted by atomic mass is 10.2. The van der Waals surface area contributed by atoms with Gasteiger partial charge in [-0.2, -0.15) is 5.10 Å². The van der Waals surface area contributed by atoms with Gasteiger partial charge in [-0.25, -0.2) is 0 Å². The Kier molecular flexibility index (Phi) is 5.14. The summed E-state index contributed by atoms with van der Waals surface area (Å²) in [6.45, 7) is 1.54. The second kappa shape index (κ2) is 6.42. The van der Waals surface area contributed by atoms with Gasteiger partial charge in [0.2, 0.25) is 0 Å². The van der Waals surface area contributed by atoms with Crippen LogP contribution in [0.25, 0.3) is 0 Å². The van der Waals surface area contributed by atoms with Crippen molar-refractivity contribution in [2.45, 2.75) is 18.9 Å². The number of nitrogens with zero attached hydrogens (tertiary/aromatic N) is 2. The predicted molar refractivity (Wildman–Crippen MR) is 60.8 cm³/mol. The fourth-order valence-electron chi connectivity index (χ4n) is 1.37. The van der Waals surface area contributed by atoms with Crippen molar-refractivity contribution in [3.63, 3.8) is 0 Å². The molecule has 0 amide bonds. The Morgan fingerprint density at radius 2 is 2.47 bits per heavy atom. The highest BCUT2D eigenvalue weighted by molar-refractivity contribution is 5.33. The van der Waals surface area contributed by atoms with Gasteiger partial charge in [-0.05, 0) is 12.8 Å². The lowest BCUT2D eigenvalue weighted by Gasteiger charge is -2.13. The quantitative estimate of drug-likeness (QED) is 0.649. The first-order valence-electron chi connectivity index (χ1n) is 5.20. The zero-order valence-corrected chi connectivity index (χ0v) is 9.44. The van der Waals surface area contributed by atoms with Crippen molar-refractivity contribution in [3.8, 4) is 0 Å². The molecule has 1 aromatic heterocycles. The fraction of sp³-hybridized carbons (Fsp3) is 0.700. The second-order valence-electron chi connectivity index (χ2n) is 3.62. The van der Waals surface area contributed by atoms with Gasteiger partial charge in [-0.1, -0.05) is 0 Å². The molecule has 86 valence electrons. The highest BCUT2D eigenvalue weighted by Gasteiger charge is 2.03. The molecule has 0 aliphatic carbocycles. The molecule has 3 N–H and O–H groups in total. The Hall–Kier alpha value is -1.07. The maximum atomic E-state index is 5.93. The van der Waals surface area contributed by atoms with E-state index >= 15 is 0 Å². The molecule has 1 atom stereocenters. The number of anilines is 1. The number of nitrogens with two attached hydrogens (primary N) is 1. The van der Waals surface area contributed by atoms with E-state index in [9.17, 15) is 0 Å². The molecule has 1 aromatic rings. The SMILES string of the molecule is COCCCC(N)CNc1ccnn1C. The number of methoxy groups -OCH3 is 1. The third kappa shape index (κ3) is 4.31. The van der Waals surface area contributed by atoms with Gasteiger partial charge in [0.25, 0.3) is 0 Å². The van der Waals surface area contributed by atoms with Crippen LogP contribution in [0.2, 0.25) is 0 Å². The van der Waals surface area contributed by atoms with Crippen LogP contribution in [-0.4, -0.2) is 36.1 Å². The number of hydrogen-bond donors (Lipinski definition) is 2. The summed E-state index contributed by atoms with van der Waals surface area (Å²) in [5, 5.41) is 7.32. The molecule has 0 fully saturated rings. The van der Waals surface area contributed by atoms with Crippen LogP contribution in [-0.2, 0) is 11.8 Å². The third-order valence-corrected chi connectivity index (χ3v) is 2.29. The van der Waals surface area contributed by atoms with Crippen LogP contribution in [0.3, 0.4) is 0 Å². The Bertz CT molecular complexity index is 274. The second-order valence-corrected chi connectivity index (χ2v) is 3.62. The topological polar surface area (TPSA) is 65.1 Å². The third-order valence-electron chi connectivity index (χ3n) is 2.29. The number of aromatic nitrogens is 2.